The molecular formula is C28H23N2O+. The highest BCUT2D eigenvalue weighted by molar-refractivity contribution is 5.95. The summed E-state index contributed by atoms with van der Waals surface area (Å²) in [5.74, 6) is 0.0894. The number of hydrogen-bond donors (Lipinski definition) is 0. The lowest BCUT2D eigenvalue weighted by Crippen LogP contribution is -2.38. The summed E-state index contributed by atoms with van der Waals surface area (Å²) in [5.41, 5.74) is 7.05. The Hall–Kier alpha value is -3.85. The van der Waals surface area contributed by atoms with E-state index in [4.69, 9.17) is 4.98 Å². The molecule has 0 aliphatic rings. The fraction of sp³-hybridized carbons (Fsp3) is 0.107. The van der Waals surface area contributed by atoms with Crippen molar-refractivity contribution >= 4 is 27.6 Å². The molecule has 3 aromatic carbocycles. The second-order valence-electron chi connectivity index (χ2n) is 8.10. The molecule has 0 unspecified atom stereocenters. The van der Waals surface area contributed by atoms with Crippen molar-refractivity contribution in [3.63, 3.8) is 0 Å². The van der Waals surface area contributed by atoms with E-state index in [1.54, 1.807) is 0 Å². The quantitative estimate of drug-likeness (QED) is 0.279. The van der Waals surface area contributed by atoms with Crippen molar-refractivity contribution < 1.29 is 9.36 Å². The molecule has 0 bridgehead atoms. The fourth-order valence-electron chi connectivity index (χ4n) is 4.04. The number of carbonyl (C=O) groups is 1. The molecule has 0 aliphatic heterocycles. The molecule has 0 fully saturated rings. The molecule has 0 aliphatic carbocycles. The number of carbonyl (C=O) groups excluding carboxylic acids is 1. The van der Waals surface area contributed by atoms with Crippen molar-refractivity contribution in [2.45, 2.75) is 20.4 Å². The number of fused-ring (bicyclic) bond motifs is 2. The Balaban J connectivity index is 1.64. The van der Waals surface area contributed by atoms with Crippen molar-refractivity contribution in [3.05, 3.63) is 108 Å². The van der Waals surface area contributed by atoms with E-state index in [2.05, 4.69) is 68.4 Å². The van der Waals surface area contributed by atoms with Gasteiger partial charge in [0.25, 0.3) is 0 Å². The lowest BCUT2D eigenvalue weighted by molar-refractivity contribution is -0.656. The van der Waals surface area contributed by atoms with Gasteiger partial charge in [0.15, 0.2) is 6.20 Å². The Morgan fingerprint density at radius 2 is 1.55 bits per heavy atom. The first-order chi connectivity index (χ1) is 15.1. The van der Waals surface area contributed by atoms with Gasteiger partial charge in [-0.2, -0.15) is 4.57 Å². The monoisotopic (exact) mass is 403 g/mol. The summed E-state index contributed by atoms with van der Waals surface area (Å²) in [6.07, 6.45) is 2.04. The second-order valence-corrected chi connectivity index (χ2v) is 8.10. The lowest BCUT2D eigenvalue weighted by atomic mass is 10.0. The van der Waals surface area contributed by atoms with Gasteiger partial charge in [0.05, 0.1) is 16.8 Å². The van der Waals surface area contributed by atoms with Crippen LogP contribution in [0.5, 0.6) is 0 Å². The molecule has 0 atom stereocenters. The van der Waals surface area contributed by atoms with Gasteiger partial charge in [-0.1, -0.05) is 59.7 Å². The van der Waals surface area contributed by atoms with Gasteiger partial charge in [-0.25, -0.2) is 4.98 Å². The highest BCUT2D eigenvalue weighted by atomic mass is 16.1. The molecular weight excluding hydrogens is 380 g/mol. The SMILES string of the molecule is Cc1ccc2nc(-c3cc4cc(C)ccc4[n+](CC(=O)c4ccccc4)c3)ccc2c1. The van der Waals surface area contributed by atoms with Crippen molar-refractivity contribution in [2.75, 3.05) is 0 Å². The summed E-state index contributed by atoms with van der Waals surface area (Å²) in [5, 5.41) is 2.23. The number of pyridine rings is 2. The van der Waals surface area contributed by atoms with E-state index in [-0.39, 0.29) is 12.3 Å². The molecule has 3 nitrogen and oxygen atoms in total. The Morgan fingerprint density at radius 3 is 2.35 bits per heavy atom. The van der Waals surface area contributed by atoms with Crippen molar-refractivity contribution in [3.8, 4) is 11.3 Å². The number of rotatable bonds is 4. The minimum atomic E-state index is 0.0894. The second kappa shape index (κ2) is 7.77. The molecule has 3 heteroatoms. The fourth-order valence-corrected chi connectivity index (χ4v) is 4.04. The lowest BCUT2D eigenvalue weighted by Gasteiger charge is -2.07. The van der Waals surface area contributed by atoms with Crippen LogP contribution in [-0.4, -0.2) is 10.8 Å². The molecule has 150 valence electrons. The third-order valence-electron chi connectivity index (χ3n) is 5.65. The number of aryl methyl sites for hydroxylation is 2. The molecule has 31 heavy (non-hydrogen) atoms. The zero-order valence-electron chi connectivity index (χ0n) is 17.7. The Kier molecular flexibility index (Phi) is 4.79. The zero-order valence-corrected chi connectivity index (χ0v) is 17.7. The first kappa shape index (κ1) is 19.1. The molecule has 0 N–H and O–H groups in total. The largest absolute Gasteiger partial charge is 0.287 e. The normalized spacial score (nSPS) is 11.2. The maximum Gasteiger partial charge on any atom is 0.227 e. The van der Waals surface area contributed by atoms with E-state index in [9.17, 15) is 4.79 Å². The summed E-state index contributed by atoms with van der Waals surface area (Å²) in [4.78, 5) is 17.8. The Bertz CT molecular complexity index is 1440. The standard InChI is InChI=1S/C28H23N2O/c1-19-8-11-25-22(14-19)10-12-26(29-25)24-16-23-15-20(2)9-13-27(23)30(17-24)18-28(31)21-6-4-3-5-7-21/h3-17H,18H2,1-2H3/q+1. The van der Waals surface area contributed by atoms with Gasteiger partial charge in [0.1, 0.15) is 0 Å². The van der Waals surface area contributed by atoms with Crippen LogP contribution in [0.3, 0.4) is 0 Å². The van der Waals surface area contributed by atoms with Gasteiger partial charge in [0.2, 0.25) is 17.8 Å². The van der Waals surface area contributed by atoms with Crippen LogP contribution in [0.1, 0.15) is 21.5 Å². The van der Waals surface area contributed by atoms with Crippen LogP contribution >= 0.6 is 0 Å². The summed E-state index contributed by atoms with van der Waals surface area (Å²) < 4.78 is 2.04. The molecule has 5 rings (SSSR count). The van der Waals surface area contributed by atoms with E-state index < -0.39 is 0 Å². The third-order valence-corrected chi connectivity index (χ3v) is 5.65. The molecule has 0 saturated carbocycles. The first-order valence-corrected chi connectivity index (χ1v) is 10.5. The van der Waals surface area contributed by atoms with Crippen LogP contribution in [-0.2, 0) is 6.54 Å². The van der Waals surface area contributed by atoms with Gasteiger partial charge in [-0.3, -0.25) is 4.79 Å². The molecule has 0 amide bonds. The van der Waals surface area contributed by atoms with Gasteiger partial charge in [-0.15, -0.1) is 0 Å². The highest BCUT2D eigenvalue weighted by Gasteiger charge is 2.18. The van der Waals surface area contributed by atoms with Crippen LogP contribution in [0.2, 0.25) is 0 Å². The Morgan fingerprint density at radius 1 is 0.806 bits per heavy atom. The Labute approximate surface area is 181 Å². The van der Waals surface area contributed by atoms with E-state index in [1.807, 2.05) is 41.1 Å². The summed E-state index contributed by atoms with van der Waals surface area (Å²) in [7, 11) is 0. The number of Topliss-reactive ketones (excluding diaryl/α,β-unsaturated/α-hetero) is 1. The molecule has 0 saturated heterocycles. The number of ketones is 1. The minimum absolute atomic E-state index is 0.0894. The average molecular weight is 404 g/mol. The maximum absolute atomic E-state index is 12.9. The minimum Gasteiger partial charge on any atom is -0.287 e. The van der Waals surface area contributed by atoms with Crippen molar-refractivity contribution in [1.82, 2.24) is 4.98 Å². The molecule has 0 spiro atoms. The van der Waals surface area contributed by atoms with E-state index in [0.29, 0.717) is 0 Å². The van der Waals surface area contributed by atoms with Gasteiger partial charge in [-0.05, 0) is 44.2 Å². The predicted molar refractivity (Wildman–Crippen MR) is 125 cm³/mol. The van der Waals surface area contributed by atoms with Crippen LogP contribution in [0.15, 0.2) is 91.1 Å². The van der Waals surface area contributed by atoms with Crippen molar-refractivity contribution in [1.29, 1.82) is 0 Å². The van der Waals surface area contributed by atoms with E-state index in [1.165, 1.54) is 11.1 Å². The van der Waals surface area contributed by atoms with E-state index >= 15 is 0 Å². The average Bonchev–Trinajstić information content (AvgIpc) is 2.78. The molecule has 5 aromatic rings. The van der Waals surface area contributed by atoms with Crippen molar-refractivity contribution in [2.24, 2.45) is 0 Å². The predicted octanol–water partition coefficient (Wildman–Crippen LogP) is 5.84. The third kappa shape index (κ3) is 3.82. The number of benzene rings is 3. The van der Waals surface area contributed by atoms with Crippen LogP contribution in [0.4, 0.5) is 0 Å². The molecule has 2 heterocycles. The smallest absolute Gasteiger partial charge is 0.227 e. The molecule has 0 radical (unpaired) electrons. The van der Waals surface area contributed by atoms with Gasteiger partial charge >= 0.3 is 0 Å². The first-order valence-electron chi connectivity index (χ1n) is 10.5. The highest BCUT2D eigenvalue weighted by Crippen LogP contribution is 2.24. The summed E-state index contributed by atoms with van der Waals surface area (Å²) in [6.45, 7) is 4.46. The van der Waals surface area contributed by atoms with Gasteiger partial charge in [0, 0.05) is 22.4 Å². The van der Waals surface area contributed by atoms with Crippen LogP contribution in [0, 0.1) is 13.8 Å². The van der Waals surface area contributed by atoms with Crippen LogP contribution in [0.25, 0.3) is 33.1 Å². The maximum atomic E-state index is 12.9. The van der Waals surface area contributed by atoms with Crippen LogP contribution < -0.4 is 4.57 Å². The summed E-state index contributed by atoms with van der Waals surface area (Å²) in [6, 6.07) is 28.4. The summed E-state index contributed by atoms with van der Waals surface area (Å²) >= 11 is 0. The van der Waals surface area contributed by atoms with Gasteiger partial charge < -0.3 is 0 Å². The zero-order chi connectivity index (χ0) is 21.4. The number of hydrogen-bond acceptors (Lipinski definition) is 2. The molecule has 2 aromatic heterocycles. The number of aromatic nitrogens is 2. The van der Waals surface area contributed by atoms with E-state index in [0.717, 1.165) is 38.6 Å². The topological polar surface area (TPSA) is 33.8 Å². The number of nitrogens with zero attached hydrogens (tertiary/aromatic N) is 2.